The third kappa shape index (κ3) is 9.53. The summed E-state index contributed by atoms with van der Waals surface area (Å²) in [5, 5.41) is 11.2. The number of amides is 3. The number of anilines is 2. The fraction of sp³-hybridized carbons (Fsp3) is 0.0500. The number of benzene rings is 5. The minimum absolute atomic E-state index is 0.0812. The standard InChI is InChI=1S/C40H30Cl2N4O3S2/c1-25-10-8-11-26(20-25)21-34(44-37(47)28-14-6-3-7-15-28)38(48)43-30-16-9-17-31(23-30)51-36(27-12-4-2-5-13-27)39(49)46-40-45-35(24-50-40)29-18-19-32(41)33(42)22-29/h2-24,36H,1H3,(H,43,48)(H,44,47)(H,45,46,49)/b34-21+. The lowest BCUT2D eigenvalue weighted by Gasteiger charge is -2.17. The SMILES string of the molecule is Cc1cccc(/C=C(/NC(=O)c2ccccc2)C(=O)Nc2cccc(SC(C(=O)Nc3nc(-c4ccc(Cl)c(Cl)c4)cs3)c3ccccc3)c2)c1. The van der Waals surface area contributed by atoms with Crippen LogP contribution in [0.2, 0.25) is 10.0 Å². The van der Waals surface area contributed by atoms with Crippen LogP contribution in [0.25, 0.3) is 17.3 Å². The van der Waals surface area contributed by atoms with E-state index in [4.69, 9.17) is 23.2 Å². The third-order valence-electron chi connectivity index (χ3n) is 7.52. The summed E-state index contributed by atoms with van der Waals surface area (Å²) >= 11 is 14.9. The molecule has 6 rings (SSSR count). The molecule has 11 heteroatoms. The molecule has 1 aromatic heterocycles. The average Bonchev–Trinajstić information content (AvgIpc) is 3.60. The van der Waals surface area contributed by atoms with Crippen LogP contribution < -0.4 is 16.0 Å². The van der Waals surface area contributed by atoms with Gasteiger partial charge in [-0.15, -0.1) is 23.1 Å². The molecule has 0 saturated carbocycles. The number of aryl methyl sites for hydroxylation is 1. The van der Waals surface area contributed by atoms with Crippen molar-refractivity contribution in [3.8, 4) is 11.3 Å². The van der Waals surface area contributed by atoms with Crippen LogP contribution in [0.1, 0.15) is 32.3 Å². The maximum absolute atomic E-state index is 13.8. The highest BCUT2D eigenvalue weighted by atomic mass is 35.5. The van der Waals surface area contributed by atoms with E-state index in [-0.39, 0.29) is 11.6 Å². The summed E-state index contributed by atoms with van der Waals surface area (Å²) in [5.41, 5.74) is 5.02. The van der Waals surface area contributed by atoms with E-state index in [0.717, 1.165) is 27.1 Å². The number of thiazole rings is 1. The molecule has 3 N–H and O–H groups in total. The van der Waals surface area contributed by atoms with Crippen LogP contribution in [0.15, 0.2) is 143 Å². The van der Waals surface area contributed by atoms with Crippen LogP contribution in [0.3, 0.4) is 0 Å². The molecule has 6 aromatic rings. The number of nitrogens with one attached hydrogen (secondary N) is 3. The largest absolute Gasteiger partial charge is 0.321 e. The number of carbonyl (C=O) groups excluding carboxylic acids is 3. The van der Waals surface area contributed by atoms with Crippen molar-refractivity contribution in [1.29, 1.82) is 0 Å². The Kier molecular flexibility index (Phi) is 11.7. The van der Waals surface area contributed by atoms with Gasteiger partial charge < -0.3 is 16.0 Å². The third-order valence-corrected chi connectivity index (χ3v) is 10.3. The van der Waals surface area contributed by atoms with Gasteiger partial charge in [0.05, 0.1) is 15.7 Å². The topological polar surface area (TPSA) is 100 Å². The number of thioether (sulfide) groups is 1. The van der Waals surface area contributed by atoms with Gasteiger partial charge in [0.25, 0.3) is 11.8 Å². The molecule has 0 fully saturated rings. The lowest BCUT2D eigenvalue weighted by molar-refractivity contribution is -0.116. The number of hydrogen-bond donors (Lipinski definition) is 3. The Morgan fingerprint density at radius 2 is 1.53 bits per heavy atom. The zero-order valence-electron chi connectivity index (χ0n) is 27.1. The molecule has 0 bridgehead atoms. The van der Waals surface area contributed by atoms with E-state index in [0.29, 0.717) is 32.1 Å². The average molecular weight is 750 g/mol. The van der Waals surface area contributed by atoms with Crippen molar-refractivity contribution < 1.29 is 14.4 Å². The first-order chi connectivity index (χ1) is 24.7. The first kappa shape index (κ1) is 35.6. The highest BCUT2D eigenvalue weighted by Crippen LogP contribution is 2.38. The van der Waals surface area contributed by atoms with Crippen molar-refractivity contribution in [3.05, 3.63) is 171 Å². The second kappa shape index (κ2) is 16.7. The molecule has 1 unspecified atom stereocenters. The summed E-state index contributed by atoms with van der Waals surface area (Å²) in [6.07, 6.45) is 1.64. The monoisotopic (exact) mass is 748 g/mol. The smallest absolute Gasteiger partial charge is 0.272 e. The molecule has 0 aliphatic carbocycles. The van der Waals surface area contributed by atoms with Gasteiger partial charge in [0.15, 0.2) is 5.13 Å². The van der Waals surface area contributed by atoms with Gasteiger partial charge in [0.2, 0.25) is 5.91 Å². The Balaban J connectivity index is 1.21. The number of aromatic nitrogens is 1. The van der Waals surface area contributed by atoms with Crippen molar-refractivity contribution in [1.82, 2.24) is 10.3 Å². The Bertz CT molecular complexity index is 2230. The Morgan fingerprint density at radius 1 is 0.784 bits per heavy atom. The molecule has 1 atom stereocenters. The zero-order valence-corrected chi connectivity index (χ0v) is 30.2. The van der Waals surface area contributed by atoms with Crippen molar-refractivity contribution in [2.24, 2.45) is 0 Å². The summed E-state index contributed by atoms with van der Waals surface area (Å²) in [6, 6.07) is 38.2. The second-order valence-electron chi connectivity index (χ2n) is 11.3. The molecule has 51 heavy (non-hydrogen) atoms. The predicted molar refractivity (Wildman–Crippen MR) is 209 cm³/mol. The maximum Gasteiger partial charge on any atom is 0.272 e. The zero-order chi connectivity index (χ0) is 35.7. The number of halogens is 2. The van der Waals surface area contributed by atoms with E-state index in [2.05, 4.69) is 20.9 Å². The maximum atomic E-state index is 13.8. The minimum atomic E-state index is -0.642. The summed E-state index contributed by atoms with van der Waals surface area (Å²) in [5.74, 6) is -1.17. The van der Waals surface area contributed by atoms with E-state index in [1.165, 1.54) is 23.1 Å². The van der Waals surface area contributed by atoms with Crippen LogP contribution in [0, 0.1) is 6.92 Å². The van der Waals surface area contributed by atoms with Crippen molar-refractivity contribution >= 4 is 80.9 Å². The van der Waals surface area contributed by atoms with Crippen LogP contribution in [0.4, 0.5) is 10.8 Å². The molecular weight excluding hydrogens is 720 g/mol. The lowest BCUT2D eigenvalue weighted by Crippen LogP contribution is -2.30. The molecule has 3 amide bonds. The van der Waals surface area contributed by atoms with Gasteiger partial charge in [-0.1, -0.05) is 114 Å². The fourth-order valence-electron chi connectivity index (χ4n) is 5.04. The van der Waals surface area contributed by atoms with E-state index in [1.54, 1.807) is 60.7 Å². The van der Waals surface area contributed by atoms with E-state index < -0.39 is 17.1 Å². The molecule has 0 radical (unpaired) electrons. The molecule has 1 heterocycles. The molecule has 0 aliphatic heterocycles. The Morgan fingerprint density at radius 3 is 2.27 bits per heavy atom. The fourth-order valence-corrected chi connectivity index (χ4v) is 7.15. The Hall–Kier alpha value is -5.19. The van der Waals surface area contributed by atoms with Crippen molar-refractivity contribution in [2.75, 3.05) is 10.6 Å². The van der Waals surface area contributed by atoms with Crippen molar-refractivity contribution in [3.63, 3.8) is 0 Å². The van der Waals surface area contributed by atoms with E-state index >= 15 is 0 Å². The number of rotatable bonds is 11. The van der Waals surface area contributed by atoms with Gasteiger partial charge in [-0.2, -0.15) is 0 Å². The normalized spacial score (nSPS) is 11.8. The van der Waals surface area contributed by atoms with Gasteiger partial charge in [0, 0.05) is 27.1 Å². The van der Waals surface area contributed by atoms with Crippen LogP contribution in [0.5, 0.6) is 0 Å². The summed E-state index contributed by atoms with van der Waals surface area (Å²) in [7, 11) is 0. The predicted octanol–water partition coefficient (Wildman–Crippen LogP) is 10.3. The number of carbonyl (C=O) groups is 3. The molecule has 0 saturated heterocycles. The summed E-state index contributed by atoms with van der Waals surface area (Å²) < 4.78 is 0. The number of hydrogen-bond acceptors (Lipinski definition) is 6. The first-order valence-electron chi connectivity index (χ1n) is 15.7. The van der Waals surface area contributed by atoms with Gasteiger partial charge in [-0.25, -0.2) is 4.98 Å². The molecule has 254 valence electrons. The van der Waals surface area contributed by atoms with Gasteiger partial charge in [-0.05, 0) is 66.6 Å². The molecule has 7 nitrogen and oxygen atoms in total. The highest BCUT2D eigenvalue weighted by molar-refractivity contribution is 8.00. The summed E-state index contributed by atoms with van der Waals surface area (Å²) in [4.78, 5) is 45.9. The molecule has 5 aromatic carbocycles. The van der Waals surface area contributed by atoms with Crippen LogP contribution >= 0.6 is 46.3 Å². The Labute approximate surface area is 313 Å². The van der Waals surface area contributed by atoms with E-state index in [1.807, 2.05) is 85.1 Å². The minimum Gasteiger partial charge on any atom is -0.321 e. The second-order valence-corrected chi connectivity index (χ2v) is 14.2. The lowest BCUT2D eigenvalue weighted by atomic mass is 10.1. The summed E-state index contributed by atoms with van der Waals surface area (Å²) in [6.45, 7) is 1.96. The van der Waals surface area contributed by atoms with Crippen molar-refractivity contribution in [2.45, 2.75) is 17.1 Å². The van der Waals surface area contributed by atoms with Gasteiger partial charge in [-0.3, -0.25) is 14.4 Å². The van der Waals surface area contributed by atoms with Gasteiger partial charge in [0.1, 0.15) is 10.9 Å². The first-order valence-corrected chi connectivity index (χ1v) is 18.2. The number of nitrogens with zero attached hydrogens (tertiary/aromatic N) is 1. The molecule has 0 spiro atoms. The quantitative estimate of drug-likeness (QED) is 0.0905. The molecule has 0 aliphatic rings. The van der Waals surface area contributed by atoms with E-state index in [9.17, 15) is 14.4 Å². The molecular formula is C40H30Cl2N4O3S2. The highest BCUT2D eigenvalue weighted by Gasteiger charge is 2.24. The van der Waals surface area contributed by atoms with Crippen LogP contribution in [-0.4, -0.2) is 22.7 Å². The van der Waals surface area contributed by atoms with Crippen LogP contribution in [-0.2, 0) is 9.59 Å². The van der Waals surface area contributed by atoms with Gasteiger partial charge >= 0.3 is 0 Å².